The maximum atomic E-state index is 5.66. The zero-order chi connectivity index (χ0) is 13.7. The van der Waals surface area contributed by atoms with Crippen LogP contribution in [0.3, 0.4) is 0 Å². The first kappa shape index (κ1) is 14.0. The summed E-state index contributed by atoms with van der Waals surface area (Å²) in [5.74, 6) is 6.52. The molecule has 2 aromatic rings. The molecule has 0 amide bonds. The topological polar surface area (TPSA) is 60.2 Å². The third-order valence-electron chi connectivity index (χ3n) is 2.98. The van der Waals surface area contributed by atoms with Crippen LogP contribution in [0.15, 0.2) is 47.2 Å². The van der Waals surface area contributed by atoms with E-state index < -0.39 is 0 Å². The van der Waals surface area contributed by atoms with Crippen molar-refractivity contribution in [2.75, 3.05) is 7.11 Å². The monoisotopic (exact) mass is 321 g/mol. The second-order valence-electron chi connectivity index (χ2n) is 4.16. The van der Waals surface area contributed by atoms with Gasteiger partial charge in [0.25, 0.3) is 0 Å². The van der Waals surface area contributed by atoms with Crippen molar-refractivity contribution in [1.82, 2.24) is 10.4 Å². The van der Waals surface area contributed by atoms with E-state index in [9.17, 15) is 0 Å². The first-order chi connectivity index (χ1) is 9.24. The van der Waals surface area contributed by atoms with Crippen LogP contribution in [-0.2, 0) is 6.42 Å². The summed E-state index contributed by atoms with van der Waals surface area (Å²) in [5.41, 5.74) is 5.03. The Morgan fingerprint density at radius 2 is 2.05 bits per heavy atom. The molecule has 0 bridgehead atoms. The van der Waals surface area contributed by atoms with Gasteiger partial charge in [0, 0.05) is 16.9 Å². The molecule has 0 aliphatic heterocycles. The Morgan fingerprint density at radius 1 is 1.32 bits per heavy atom. The molecule has 5 heteroatoms. The Kier molecular flexibility index (Phi) is 4.90. The van der Waals surface area contributed by atoms with Crippen LogP contribution in [0.25, 0.3) is 0 Å². The van der Waals surface area contributed by atoms with Crippen LogP contribution >= 0.6 is 15.9 Å². The highest BCUT2D eigenvalue weighted by Crippen LogP contribution is 2.27. The average Bonchev–Trinajstić information content (AvgIpc) is 2.46. The van der Waals surface area contributed by atoms with Crippen LogP contribution in [0.5, 0.6) is 5.75 Å². The molecule has 1 aromatic heterocycles. The number of methoxy groups -OCH3 is 1. The van der Waals surface area contributed by atoms with Gasteiger partial charge in [-0.1, -0.05) is 15.9 Å². The van der Waals surface area contributed by atoms with Crippen LogP contribution in [0.4, 0.5) is 0 Å². The van der Waals surface area contributed by atoms with Gasteiger partial charge in [-0.15, -0.1) is 0 Å². The van der Waals surface area contributed by atoms with E-state index in [0.717, 1.165) is 27.8 Å². The molecule has 0 fully saturated rings. The Balaban J connectivity index is 2.26. The molecule has 2 rings (SSSR count). The minimum absolute atomic E-state index is 0.0196. The number of nitrogens with two attached hydrogens (primary N) is 1. The molecule has 0 spiro atoms. The number of hydrogen-bond donors (Lipinski definition) is 2. The Labute approximate surface area is 121 Å². The molecule has 0 aliphatic carbocycles. The highest BCUT2D eigenvalue weighted by atomic mass is 79.9. The molecule has 1 unspecified atom stereocenters. The number of benzene rings is 1. The number of nitrogens with one attached hydrogen (secondary N) is 1. The van der Waals surface area contributed by atoms with Crippen molar-refractivity contribution < 1.29 is 4.74 Å². The third kappa shape index (κ3) is 3.53. The van der Waals surface area contributed by atoms with Crippen molar-refractivity contribution in [2.45, 2.75) is 12.5 Å². The van der Waals surface area contributed by atoms with E-state index in [4.69, 9.17) is 10.6 Å². The fourth-order valence-electron chi connectivity index (χ4n) is 2.00. The first-order valence-corrected chi connectivity index (χ1v) is 6.72. The number of ether oxygens (including phenoxy) is 1. The maximum absolute atomic E-state index is 5.66. The molecule has 0 saturated heterocycles. The summed E-state index contributed by atoms with van der Waals surface area (Å²) in [5, 5.41) is 0. The van der Waals surface area contributed by atoms with Crippen molar-refractivity contribution in [3.8, 4) is 5.75 Å². The summed E-state index contributed by atoms with van der Waals surface area (Å²) in [7, 11) is 1.67. The molecule has 19 heavy (non-hydrogen) atoms. The van der Waals surface area contributed by atoms with Gasteiger partial charge in [-0.05, 0) is 47.9 Å². The second-order valence-corrected chi connectivity index (χ2v) is 5.08. The number of aromatic nitrogens is 1. The average molecular weight is 322 g/mol. The van der Waals surface area contributed by atoms with E-state index in [0.29, 0.717) is 0 Å². The zero-order valence-electron chi connectivity index (χ0n) is 10.6. The largest absolute Gasteiger partial charge is 0.496 e. The van der Waals surface area contributed by atoms with Crippen LogP contribution in [0, 0.1) is 0 Å². The number of hydrazine groups is 1. The van der Waals surface area contributed by atoms with Gasteiger partial charge >= 0.3 is 0 Å². The predicted octanol–water partition coefficient (Wildman–Crippen LogP) is 2.60. The van der Waals surface area contributed by atoms with Crippen LogP contribution in [0.1, 0.15) is 17.2 Å². The van der Waals surface area contributed by atoms with E-state index in [-0.39, 0.29) is 6.04 Å². The van der Waals surface area contributed by atoms with Crippen LogP contribution < -0.4 is 16.0 Å². The summed E-state index contributed by atoms with van der Waals surface area (Å²) < 4.78 is 6.40. The summed E-state index contributed by atoms with van der Waals surface area (Å²) in [4.78, 5) is 4.02. The molecule has 4 nitrogen and oxygen atoms in total. The van der Waals surface area contributed by atoms with Crippen molar-refractivity contribution in [3.63, 3.8) is 0 Å². The third-order valence-corrected chi connectivity index (χ3v) is 3.47. The van der Waals surface area contributed by atoms with Crippen molar-refractivity contribution in [3.05, 3.63) is 58.3 Å². The molecule has 3 N–H and O–H groups in total. The summed E-state index contributed by atoms with van der Waals surface area (Å²) in [6.07, 6.45) is 4.26. The minimum Gasteiger partial charge on any atom is -0.496 e. The number of pyridine rings is 1. The van der Waals surface area contributed by atoms with Crippen LogP contribution in [0.2, 0.25) is 0 Å². The SMILES string of the molecule is COc1ccc(Br)cc1CC(NN)c1ccncc1. The predicted molar refractivity (Wildman–Crippen MR) is 78.7 cm³/mol. The Bertz CT molecular complexity index is 533. The quantitative estimate of drug-likeness (QED) is 0.656. The van der Waals surface area contributed by atoms with Gasteiger partial charge in [0.15, 0.2) is 0 Å². The number of halogens is 1. The van der Waals surface area contributed by atoms with Gasteiger partial charge in [0.05, 0.1) is 13.2 Å². The van der Waals surface area contributed by atoms with Gasteiger partial charge in [0.1, 0.15) is 5.75 Å². The van der Waals surface area contributed by atoms with E-state index in [2.05, 4.69) is 26.3 Å². The Hall–Kier alpha value is -1.43. The lowest BCUT2D eigenvalue weighted by molar-refractivity contribution is 0.405. The molecule has 1 atom stereocenters. The van der Waals surface area contributed by atoms with E-state index >= 15 is 0 Å². The lowest BCUT2D eigenvalue weighted by Gasteiger charge is -2.18. The van der Waals surface area contributed by atoms with E-state index in [1.807, 2.05) is 30.3 Å². The number of rotatable bonds is 5. The van der Waals surface area contributed by atoms with Gasteiger partial charge < -0.3 is 4.74 Å². The van der Waals surface area contributed by atoms with Crippen molar-refractivity contribution in [1.29, 1.82) is 0 Å². The summed E-state index contributed by atoms with van der Waals surface area (Å²) in [6.45, 7) is 0. The van der Waals surface area contributed by atoms with Gasteiger partial charge in [-0.25, -0.2) is 0 Å². The molecule has 0 saturated carbocycles. The van der Waals surface area contributed by atoms with Crippen molar-refractivity contribution in [2.24, 2.45) is 5.84 Å². The van der Waals surface area contributed by atoms with Gasteiger partial charge in [0.2, 0.25) is 0 Å². The standard InChI is InChI=1S/C14H16BrN3O/c1-19-14-3-2-12(15)8-11(14)9-13(18-16)10-4-6-17-7-5-10/h2-8,13,18H,9,16H2,1H3. The minimum atomic E-state index is 0.0196. The lowest BCUT2D eigenvalue weighted by Crippen LogP contribution is -2.29. The smallest absolute Gasteiger partial charge is 0.122 e. The zero-order valence-corrected chi connectivity index (χ0v) is 12.2. The molecule has 1 aromatic carbocycles. The molecule has 0 aliphatic rings. The fourth-order valence-corrected chi connectivity index (χ4v) is 2.40. The summed E-state index contributed by atoms with van der Waals surface area (Å²) >= 11 is 3.48. The number of nitrogens with zero attached hydrogens (tertiary/aromatic N) is 1. The molecule has 0 radical (unpaired) electrons. The number of hydrogen-bond acceptors (Lipinski definition) is 4. The fraction of sp³-hybridized carbons (Fsp3) is 0.214. The van der Waals surface area contributed by atoms with Crippen LogP contribution in [-0.4, -0.2) is 12.1 Å². The van der Waals surface area contributed by atoms with Crippen molar-refractivity contribution >= 4 is 15.9 Å². The molecule has 100 valence electrons. The first-order valence-electron chi connectivity index (χ1n) is 5.93. The maximum Gasteiger partial charge on any atom is 0.122 e. The van der Waals surface area contributed by atoms with E-state index in [1.165, 1.54) is 0 Å². The molecular weight excluding hydrogens is 306 g/mol. The highest BCUT2D eigenvalue weighted by Gasteiger charge is 2.13. The highest BCUT2D eigenvalue weighted by molar-refractivity contribution is 9.10. The lowest BCUT2D eigenvalue weighted by atomic mass is 10.00. The van der Waals surface area contributed by atoms with Gasteiger partial charge in [-0.2, -0.15) is 0 Å². The van der Waals surface area contributed by atoms with E-state index in [1.54, 1.807) is 19.5 Å². The molecule has 1 heterocycles. The Morgan fingerprint density at radius 3 is 2.68 bits per heavy atom. The second kappa shape index (κ2) is 6.65. The molecular formula is C14H16BrN3O. The van der Waals surface area contributed by atoms with Gasteiger partial charge in [-0.3, -0.25) is 16.3 Å². The summed E-state index contributed by atoms with van der Waals surface area (Å²) in [6, 6.07) is 9.87. The normalized spacial score (nSPS) is 12.2.